The van der Waals surface area contributed by atoms with Gasteiger partial charge in [-0.1, -0.05) is 45.0 Å². The molecule has 0 unspecified atom stereocenters. The van der Waals surface area contributed by atoms with E-state index in [0.717, 1.165) is 16.9 Å². The fraction of sp³-hybridized carbons (Fsp3) is 0.238. The minimum absolute atomic E-state index is 0.0233. The highest BCUT2D eigenvalue weighted by Crippen LogP contribution is 2.22. The van der Waals surface area contributed by atoms with Crippen LogP contribution in [0.4, 0.5) is 0 Å². The van der Waals surface area contributed by atoms with Gasteiger partial charge in [-0.05, 0) is 46.9 Å². The fourth-order valence-electron chi connectivity index (χ4n) is 2.24. The SMILES string of the molecule is COc1ccc(C=CC(=O)NNC(=O)c2ccc(C(C)(C)C)cc2)cc1. The smallest absolute Gasteiger partial charge is 0.269 e. The first-order valence-electron chi connectivity index (χ1n) is 8.32. The Bertz CT molecular complexity index is 786. The van der Waals surface area contributed by atoms with Crippen molar-refractivity contribution in [1.82, 2.24) is 10.9 Å². The Hall–Kier alpha value is -3.08. The second-order valence-corrected chi connectivity index (χ2v) is 6.88. The van der Waals surface area contributed by atoms with E-state index < -0.39 is 5.91 Å². The maximum Gasteiger partial charge on any atom is 0.269 e. The minimum Gasteiger partial charge on any atom is -0.497 e. The molecule has 2 aromatic carbocycles. The molecule has 0 radical (unpaired) electrons. The molecule has 26 heavy (non-hydrogen) atoms. The van der Waals surface area contributed by atoms with E-state index in [9.17, 15) is 9.59 Å². The number of ether oxygens (including phenoxy) is 1. The van der Waals surface area contributed by atoms with E-state index in [1.54, 1.807) is 37.5 Å². The largest absolute Gasteiger partial charge is 0.497 e. The predicted octanol–water partition coefficient (Wildman–Crippen LogP) is 3.47. The molecule has 0 aromatic heterocycles. The zero-order chi connectivity index (χ0) is 19.2. The monoisotopic (exact) mass is 352 g/mol. The number of methoxy groups -OCH3 is 1. The normalized spacial score (nSPS) is 11.2. The van der Waals surface area contributed by atoms with Crippen molar-refractivity contribution in [3.63, 3.8) is 0 Å². The Morgan fingerprint density at radius 2 is 1.54 bits per heavy atom. The van der Waals surface area contributed by atoms with Gasteiger partial charge in [-0.3, -0.25) is 20.4 Å². The lowest BCUT2D eigenvalue weighted by Crippen LogP contribution is -2.40. The van der Waals surface area contributed by atoms with Crippen LogP contribution in [-0.4, -0.2) is 18.9 Å². The maximum atomic E-state index is 12.1. The molecule has 0 heterocycles. The number of nitrogens with one attached hydrogen (secondary N) is 2. The fourth-order valence-corrected chi connectivity index (χ4v) is 2.24. The highest BCUT2D eigenvalue weighted by molar-refractivity contribution is 5.97. The van der Waals surface area contributed by atoms with Gasteiger partial charge < -0.3 is 4.74 Å². The number of benzene rings is 2. The molecule has 2 rings (SSSR count). The van der Waals surface area contributed by atoms with Gasteiger partial charge in [0.15, 0.2) is 0 Å². The van der Waals surface area contributed by atoms with E-state index in [1.165, 1.54) is 6.08 Å². The third kappa shape index (κ3) is 5.48. The number of amides is 2. The molecule has 5 heteroatoms. The van der Waals surface area contributed by atoms with Crippen molar-refractivity contribution in [3.8, 4) is 5.75 Å². The van der Waals surface area contributed by atoms with Crippen LogP contribution < -0.4 is 15.6 Å². The second kappa shape index (κ2) is 8.34. The van der Waals surface area contributed by atoms with E-state index >= 15 is 0 Å². The quantitative estimate of drug-likeness (QED) is 0.654. The molecular formula is C21H24N2O3. The summed E-state index contributed by atoms with van der Waals surface area (Å²) >= 11 is 0. The number of rotatable bonds is 4. The maximum absolute atomic E-state index is 12.1. The first-order chi connectivity index (χ1) is 12.3. The number of hydrogen-bond donors (Lipinski definition) is 2. The third-order valence-electron chi connectivity index (χ3n) is 3.86. The summed E-state index contributed by atoms with van der Waals surface area (Å²) in [7, 11) is 1.59. The molecule has 0 bridgehead atoms. The summed E-state index contributed by atoms with van der Waals surface area (Å²) in [5, 5.41) is 0. The zero-order valence-electron chi connectivity index (χ0n) is 15.5. The van der Waals surface area contributed by atoms with Crippen molar-refractivity contribution in [2.24, 2.45) is 0 Å². The lowest BCUT2D eigenvalue weighted by Gasteiger charge is -2.19. The van der Waals surface area contributed by atoms with Crippen LogP contribution in [0.3, 0.4) is 0 Å². The lowest BCUT2D eigenvalue weighted by molar-refractivity contribution is -0.117. The van der Waals surface area contributed by atoms with Crippen LogP contribution in [-0.2, 0) is 10.2 Å². The van der Waals surface area contributed by atoms with E-state index in [2.05, 4.69) is 31.6 Å². The van der Waals surface area contributed by atoms with Crippen molar-refractivity contribution in [2.45, 2.75) is 26.2 Å². The van der Waals surface area contributed by atoms with Gasteiger partial charge in [0, 0.05) is 11.6 Å². The topological polar surface area (TPSA) is 67.4 Å². The molecule has 0 fully saturated rings. The van der Waals surface area contributed by atoms with Gasteiger partial charge >= 0.3 is 0 Å². The van der Waals surface area contributed by atoms with E-state index in [4.69, 9.17) is 4.74 Å². The number of hydrogen-bond acceptors (Lipinski definition) is 3. The van der Waals surface area contributed by atoms with Gasteiger partial charge in [0.1, 0.15) is 5.75 Å². The van der Waals surface area contributed by atoms with Crippen LogP contribution in [0.2, 0.25) is 0 Å². The van der Waals surface area contributed by atoms with Crippen LogP contribution in [0.25, 0.3) is 6.08 Å². The van der Waals surface area contributed by atoms with Gasteiger partial charge in [0.2, 0.25) is 0 Å². The molecule has 0 aliphatic carbocycles. The first-order valence-corrected chi connectivity index (χ1v) is 8.32. The number of carbonyl (C=O) groups excluding carboxylic acids is 2. The average Bonchev–Trinajstić information content (AvgIpc) is 2.64. The molecule has 0 aliphatic rings. The molecule has 136 valence electrons. The van der Waals surface area contributed by atoms with Gasteiger partial charge in [0.05, 0.1) is 7.11 Å². The van der Waals surface area contributed by atoms with Crippen LogP contribution in [0.15, 0.2) is 54.6 Å². The molecule has 0 saturated carbocycles. The van der Waals surface area contributed by atoms with Crippen LogP contribution in [0, 0.1) is 0 Å². The van der Waals surface area contributed by atoms with Crippen molar-refractivity contribution in [3.05, 3.63) is 71.3 Å². The van der Waals surface area contributed by atoms with Gasteiger partial charge in [-0.15, -0.1) is 0 Å². The average molecular weight is 352 g/mol. The second-order valence-electron chi connectivity index (χ2n) is 6.88. The number of carbonyl (C=O) groups is 2. The Morgan fingerprint density at radius 1 is 0.923 bits per heavy atom. The molecule has 0 spiro atoms. The summed E-state index contributed by atoms with van der Waals surface area (Å²) in [4.78, 5) is 23.9. The van der Waals surface area contributed by atoms with Crippen LogP contribution in [0.1, 0.15) is 42.3 Å². The van der Waals surface area contributed by atoms with Crippen molar-refractivity contribution in [2.75, 3.05) is 7.11 Å². The molecule has 5 nitrogen and oxygen atoms in total. The zero-order valence-corrected chi connectivity index (χ0v) is 15.5. The molecule has 0 atom stereocenters. The number of hydrazine groups is 1. The Kier molecular flexibility index (Phi) is 6.17. The first kappa shape index (κ1) is 19.2. The summed E-state index contributed by atoms with van der Waals surface area (Å²) in [5.74, 6) is -0.0338. The van der Waals surface area contributed by atoms with Gasteiger partial charge in [-0.25, -0.2) is 0 Å². The molecule has 2 aromatic rings. The lowest BCUT2D eigenvalue weighted by atomic mass is 9.87. The highest BCUT2D eigenvalue weighted by atomic mass is 16.5. The Morgan fingerprint density at radius 3 is 2.08 bits per heavy atom. The van der Waals surface area contributed by atoms with Crippen molar-refractivity contribution in [1.29, 1.82) is 0 Å². The molecular weight excluding hydrogens is 328 g/mol. The minimum atomic E-state index is -0.416. The van der Waals surface area contributed by atoms with Crippen LogP contribution in [0.5, 0.6) is 5.75 Å². The van der Waals surface area contributed by atoms with Crippen molar-refractivity contribution < 1.29 is 14.3 Å². The van der Waals surface area contributed by atoms with Gasteiger partial charge in [-0.2, -0.15) is 0 Å². The highest BCUT2D eigenvalue weighted by Gasteiger charge is 2.14. The van der Waals surface area contributed by atoms with E-state index in [0.29, 0.717) is 5.56 Å². The van der Waals surface area contributed by atoms with E-state index in [-0.39, 0.29) is 11.3 Å². The summed E-state index contributed by atoms with van der Waals surface area (Å²) in [6.45, 7) is 6.33. The van der Waals surface area contributed by atoms with Crippen LogP contribution >= 0.6 is 0 Å². The Balaban J connectivity index is 1.87. The standard InChI is InChI=1S/C21H24N2O3/c1-21(2,3)17-10-8-16(9-11-17)20(25)23-22-19(24)14-7-15-5-12-18(26-4)13-6-15/h5-14H,1-4H3,(H,22,24)(H,23,25). The molecule has 2 N–H and O–H groups in total. The van der Waals surface area contributed by atoms with Gasteiger partial charge in [0.25, 0.3) is 11.8 Å². The summed E-state index contributed by atoms with van der Waals surface area (Å²) < 4.78 is 5.08. The predicted molar refractivity (Wildman–Crippen MR) is 103 cm³/mol. The summed E-state index contributed by atoms with van der Waals surface area (Å²) in [6.07, 6.45) is 3.00. The summed E-state index contributed by atoms with van der Waals surface area (Å²) in [5.41, 5.74) is 7.27. The third-order valence-corrected chi connectivity index (χ3v) is 3.86. The Labute approximate surface area is 154 Å². The molecule has 2 amide bonds. The van der Waals surface area contributed by atoms with Crippen molar-refractivity contribution >= 4 is 17.9 Å². The summed E-state index contributed by atoms with van der Waals surface area (Å²) in [6, 6.07) is 14.6. The molecule has 0 aliphatic heterocycles. The molecule has 0 saturated heterocycles. The van der Waals surface area contributed by atoms with E-state index in [1.807, 2.05) is 24.3 Å².